The number of nitrogens with one attached hydrogen (secondary N) is 1. The molecule has 0 aliphatic carbocycles. The number of hydrogen-bond donors (Lipinski definition) is 2. The zero-order chi connectivity index (χ0) is 13.0. The Bertz CT molecular complexity index is 500. The second kappa shape index (κ2) is 5.86. The molecule has 0 aliphatic heterocycles. The number of aromatic nitrogens is 2. The van der Waals surface area contributed by atoms with Crippen molar-refractivity contribution in [2.24, 2.45) is 5.84 Å². The second-order valence-corrected chi connectivity index (χ2v) is 4.21. The molecule has 1 atom stereocenters. The van der Waals surface area contributed by atoms with Crippen LogP contribution in [0.5, 0.6) is 0 Å². The number of nitrogens with two attached hydrogens (primary N) is 1. The Balaban J connectivity index is 2.26. The molecule has 0 spiro atoms. The van der Waals surface area contributed by atoms with Crippen LogP contribution in [-0.4, -0.2) is 10.2 Å². The van der Waals surface area contributed by atoms with Gasteiger partial charge in [0.2, 0.25) is 0 Å². The molecule has 0 aliphatic rings. The van der Waals surface area contributed by atoms with E-state index in [0.29, 0.717) is 17.0 Å². The van der Waals surface area contributed by atoms with E-state index in [1.807, 2.05) is 0 Å². The molecule has 1 heterocycles. The Morgan fingerprint density at radius 1 is 1.33 bits per heavy atom. The zero-order valence-electron chi connectivity index (χ0n) is 9.48. The first-order valence-electron chi connectivity index (χ1n) is 5.38. The summed E-state index contributed by atoms with van der Waals surface area (Å²) in [5, 5.41) is 7.84. The van der Waals surface area contributed by atoms with E-state index >= 15 is 0 Å². The lowest BCUT2D eigenvalue weighted by Crippen LogP contribution is -2.30. The van der Waals surface area contributed by atoms with Crippen molar-refractivity contribution < 1.29 is 4.39 Å². The van der Waals surface area contributed by atoms with Gasteiger partial charge in [-0.3, -0.25) is 11.3 Å². The van der Waals surface area contributed by atoms with Gasteiger partial charge < -0.3 is 0 Å². The van der Waals surface area contributed by atoms with Crippen molar-refractivity contribution in [3.8, 4) is 0 Å². The number of hydrogen-bond acceptors (Lipinski definition) is 4. The van der Waals surface area contributed by atoms with Gasteiger partial charge in [-0.2, -0.15) is 10.2 Å². The van der Waals surface area contributed by atoms with E-state index in [-0.39, 0.29) is 11.9 Å². The molecule has 1 unspecified atom stereocenters. The molecule has 0 fully saturated rings. The van der Waals surface area contributed by atoms with Crippen LogP contribution in [0, 0.1) is 5.82 Å². The molecule has 0 amide bonds. The molecule has 0 bridgehead atoms. The Hall–Kier alpha value is -1.56. The number of halogens is 2. The predicted molar refractivity (Wildman–Crippen MR) is 67.2 cm³/mol. The molecule has 94 valence electrons. The molecule has 6 heteroatoms. The minimum absolute atomic E-state index is 0.269. The molecule has 18 heavy (non-hydrogen) atoms. The summed E-state index contributed by atoms with van der Waals surface area (Å²) in [7, 11) is 0. The second-order valence-electron chi connectivity index (χ2n) is 3.80. The van der Waals surface area contributed by atoms with E-state index in [4.69, 9.17) is 17.4 Å². The largest absolute Gasteiger partial charge is 0.271 e. The summed E-state index contributed by atoms with van der Waals surface area (Å²) in [6.45, 7) is 0. The highest BCUT2D eigenvalue weighted by molar-refractivity contribution is 6.31. The van der Waals surface area contributed by atoms with Gasteiger partial charge in [0.1, 0.15) is 5.82 Å². The molecule has 0 saturated heterocycles. The topological polar surface area (TPSA) is 63.8 Å². The van der Waals surface area contributed by atoms with Crippen molar-refractivity contribution in [1.29, 1.82) is 0 Å². The van der Waals surface area contributed by atoms with Crippen molar-refractivity contribution in [3.05, 3.63) is 58.6 Å². The van der Waals surface area contributed by atoms with Gasteiger partial charge in [0, 0.05) is 16.8 Å². The minimum Gasteiger partial charge on any atom is -0.271 e. The zero-order valence-corrected chi connectivity index (χ0v) is 10.2. The quantitative estimate of drug-likeness (QED) is 0.656. The van der Waals surface area contributed by atoms with Crippen molar-refractivity contribution >= 4 is 11.6 Å². The first-order chi connectivity index (χ1) is 8.72. The molecule has 2 rings (SSSR count). The number of nitrogens with zero attached hydrogens (tertiary/aromatic N) is 2. The summed E-state index contributed by atoms with van der Waals surface area (Å²) in [6.07, 6.45) is 3.48. The van der Waals surface area contributed by atoms with Crippen LogP contribution in [0.1, 0.15) is 17.2 Å². The van der Waals surface area contributed by atoms with Crippen LogP contribution in [0.3, 0.4) is 0 Å². The summed E-state index contributed by atoms with van der Waals surface area (Å²) < 4.78 is 13.7. The van der Waals surface area contributed by atoms with E-state index in [0.717, 1.165) is 5.56 Å². The lowest BCUT2D eigenvalue weighted by atomic mass is 10.0. The van der Waals surface area contributed by atoms with E-state index in [9.17, 15) is 4.39 Å². The summed E-state index contributed by atoms with van der Waals surface area (Å²) in [5.74, 6) is 5.15. The average Bonchev–Trinajstić information content (AvgIpc) is 2.40. The van der Waals surface area contributed by atoms with Crippen LogP contribution in [0.25, 0.3) is 0 Å². The van der Waals surface area contributed by atoms with Gasteiger partial charge in [-0.1, -0.05) is 17.7 Å². The van der Waals surface area contributed by atoms with E-state index in [1.165, 1.54) is 6.07 Å². The van der Waals surface area contributed by atoms with Crippen molar-refractivity contribution in [2.45, 2.75) is 12.5 Å². The van der Waals surface area contributed by atoms with Crippen LogP contribution >= 0.6 is 11.6 Å². The van der Waals surface area contributed by atoms with Gasteiger partial charge in [-0.25, -0.2) is 4.39 Å². The molecule has 3 N–H and O–H groups in total. The monoisotopic (exact) mass is 266 g/mol. The van der Waals surface area contributed by atoms with Crippen molar-refractivity contribution in [1.82, 2.24) is 15.6 Å². The molecule has 1 aromatic heterocycles. The number of benzene rings is 1. The Morgan fingerprint density at radius 2 is 2.17 bits per heavy atom. The molecule has 1 aromatic carbocycles. The standard InChI is InChI=1S/C12H12ClFN4/c13-10-2-1-3-11(14)9(10)6-12(18-15)8-4-5-16-17-7-8/h1-5,7,12,18H,6,15H2. The molecule has 0 saturated carbocycles. The Labute approximate surface area is 109 Å². The first kappa shape index (κ1) is 12.9. The van der Waals surface area contributed by atoms with E-state index in [1.54, 1.807) is 30.6 Å². The summed E-state index contributed by atoms with van der Waals surface area (Å²) in [5.41, 5.74) is 3.88. The summed E-state index contributed by atoms with van der Waals surface area (Å²) in [4.78, 5) is 0. The fraction of sp³-hybridized carbons (Fsp3) is 0.167. The molecule has 2 aromatic rings. The van der Waals surface area contributed by atoms with Crippen LogP contribution in [0.15, 0.2) is 36.7 Å². The first-order valence-corrected chi connectivity index (χ1v) is 5.75. The number of rotatable bonds is 4. The average molecular weight is 267 g/mol. The lowest BCUT2D eigenvalue weighted by molar-refractivity contribution is 0.527. The molecular formula is C12H12ClFN4. The van der Waals surface area contributed by atoms with Gasteiger partial charge in [0.05, 0.1) is 12.2 Å². The third-order valence-electron chi connectivity index (χ3n) is 2.68. The van der Waals surface area contributed by atoms with E-state index in [2.05, 4.69) is 15.6 Å². The normalized spacial score (nSPS) is 12.4. The lowest BCUT2D eigenvalue weighted by Gasteiger charge is -2.16. The highest BCUT2D eigenvalue weighted by Gasteiger charge is 2.15. The maximum absolute atomic E-state index is 13.7. The van der Waals surface area contributed by atoms with E-state index < -0.39 is 0 Å². The maximum Gasteiger partial charge on any atom is 0.127 e. The van der Waals surface area contributed by atoms with Crippen molar-refractivity contribution in [3.63, 3.8) is 0 Å². The molecular weight excluding hydrogens is 255 g/mol. The SMILES string of the molecule is NNC(Cc1c(F)cccc1Cl)c1ccnnc1. The van der Waals surface area contributed by atoms with Crippen LogP contribution in [0.2, 0.25) is 5.02 Å². The third-order valence-corrected chi connectivity index (χ3v) is 3.03. The van der Waals surface area contributed by atoms with Crippen molar-refractivity contribution in [2.75, 3.05) is 0 Å². The molecule has 4 nitrogen and oxygen atoms in total. The fourth-order valence-electron chi connectivity index (χ4n) is 1.71. The minimum atomic E-state index is -0.343. The highest BCUT2D eigenvalue weighted by atomic mass is 35.5. The van der Waals surface area contributed by atoms with Gasteiger partial charge in [0.15, 0.2) is 0 Å². The fourth-order valence-corrected chi connectivity index (χ4v) is 1.95. The van der Waals surface area contributed by atoms with Gasteiger partial charge >= 0.3 is 0 Å². The highest BCUT2D eigenvalue weighted by Crippen LogP contribution is 2.24. The van der Waals surface area contributed by atoms with Crippen LogP contribution < -0.4 is 11.3 Å². The summed E-state index contributed by atoms with van der Waals surface area (Å²) >= 11 is 5.98. The van der Waals surface area contributed by atoms with Crippen LogP contribution in [-0.2, 0) is 6.42 Å². The Morgan fingerprint density at radius 3 is 2.78 bits per heavy atom. The maximum atomic E-state index is 13.7. The van der Waals surface area contributed by atoms with Gasteiger partial charge in [-0.05, 0) is 30.2 Å². The Kier molecular flexibility index (Phi) is 4.19. The smallest absolute Gasteiger partial charge is 0.127 e. The van der Waals surface area contributed by atoms with Gasteiger partial charge in [-0.15, -0.1) is 0 Å². The third kappa shape index (κ3) is 2.81. The summed E-state index contributed by atoms with van der Waals surface area (Å²) in [6, 6.07) is 6.10. The van der Waals surface area contributed by atoms with Crippen LogP contribution in [0.4, 0.5) is 4.39 Å². The number of hydrazine groups is 1. The van der Waals surface area contributed by atoms with Gasteiger partial charge in [0.25, 0.3) is 0 Å². The molecule has 0 radical (unpaired) electrons. The predicted octanol–water partition coefficient (Wildman–Crippen LogP) is 2.02.